The number of hydrogen-bond donors (Lipinski definition) is 2. The molecule has 0 aliphatic rings. The van der Waals surface area contributed by atoms with Crippen LogP contribution in [0.2, 0.25) is 0 Å². The number of aliphatic carboxylic acids is 1. The summed E-state index contributed by atoms with van der Waals surface area (Å²) in [5, 5.41) is 8.38. The van der Waals surface area contributed by atoms with Crippen molar-refractivity contribution in [1.29, 1.82) is 0 Å². The molecule has 0 heterocycles. The van der Waals surface area contributed by atoms with Gasteiger partial charge in [-0.3, -0.25) is 4.72 Å². The van der Waals surface area contributed by atoms with Gasteiger partial charge in [-0.1, -0.05) is 6.07 Å². The maximum atomic E-state index is 13.4. The Morgan fingerprint density at radius 2 is 2.12 bits per heavy atom. The van der Waals surface area contributed by atoms with E-state index in [9.17, 15) is 17.6 Å². The smallest absolute Gasteiger partial charge is 0.328 e. The van der Waals surface area contributed by atoms with Crippen LogP contribution in [0.5, 0.6) is 0 Å². The van der Waals surface area contributed by atoms with Crippen LogP contribution in [0.4, 0.5) is 10.1 Å². The van der Waals surface area contributed by atoms with E-state index in [4.69, 9.17) is 5.11 Å². The van der Waals surface area contributed by atoms with Crippen LogP contribution in [0.15, 0.2) is 24.3 Å². The van der Waals surface area contributed by atoms with E-state index >= 15 is 0 Å². The summed E-state index contributed by atoms with van der Waals surface area (Å²) in [5.74, 6) is -1.92. The van der Waals surface area contributed by atoms with Crippen LogP contribution < -0.4 is 4.72 Å². The lowest BCUT2D eigenvalue weighted by molar-refractivity contribution is -0.131. The second kappa shape index (κ2) is 4.96. The molecule has 2 N–H and O–H groups in total. The highest BCUT2D eigenvalue weighted by Crippen LogP contribution is 2.17. The van der Waals surface area contributed by atoms with Crippen molar-refractivity contribution in [3.8, 4) is 0 Å². The highest BCUT2D eigenvalue weighted by atomic mass is 32.2. The van der Waals surface area contributed by atoms with Crippen LogP contribution in [0.25, 0.3) is 6.08 Å². The van der Waals surface area contributed by atoms with Crippen molar-refractivity contribution >= 4 is 27.8 Å². The summed E-state index contributed by atoms with van der Waals surface area (Å²) in [4.78, 5) is 10.2. The van der Waals surface area contributed by atoms with Crippen molar-refractivity contribution < 1.29 is 22.7 Å². The first-order valence-corrected chi connectivity index (χ1v) is 6.35. The van der Waals surface area contributed by atoms with E-state index < -0.39 is 21.8 Å². The van der Waals surface area contributed by atoms with Gasteiger partial charge in [0.2, 0.25) is 10.0 Å². The molecule has 0 bridgehead atoms. The van der Waals surface area contributed by atoms with Crippen LogP contribution in [-0.2, 0) is 14.8 Å². The summed E-state index contributed by atoms with van der Waals surface area (Å²) in [7, 11) is -3.54. The fourth-order valence-electron chi connectivity index (χ4n) is 1.09. The molecule has 1 aromatic rings. The molecule has 0 radical (unpaired) electrons. The minimum absolute atomic E-state index is 0.181. The van der Waals surface area contributed by atoms with Gasteiger partial charge in [0.05, 0.1) is 11.9 Å². The molecule has 17 heavy (non-hydrogen) atoms. The number of carboxylic acids is 1. The standard InChI is InChI=1S/C10H10FNO4S/c1-17(15,16)12-9-4-2-7(6-8(9)11)3-5-10(13)14/h2-6,12H,1H3,(H,13,14)/b5-3+. The van der Waals surface area contributed by atoms with E-state index in [1.807, 2.05) is 4.72 Å². The van der Waals surface area contributed by atoms with Crippen LogP contribution in [-0.4, -0.2) is 25.7 Å². The van der Waals surface area contributed by atoms with E-state index in [1.165, 1.54) is 18.2 Å². The molecule has 92 valence electrons. The number of carboxylic acid groups (broad SMARTS) is 1. The maximum Gasteiger partial charge on any atom is 0.328 e. The summed E-state index contributed by atoms with van der Waals surface area (Å²) in [6, 6.07) is 3.65. The molecule has 0 unspecified atom stereocenters. The quantitative estimate of drug-likeness (QED) is 0.798. The van der Waals surface area contributed by atoms with Gasteiger partial charge in [-0.25, -0.2) is 17.6 Å². The predicted octanol–water partition coefficient (Wildman–Crippen LogP) is 1.29. The van der Waals surface area contributed by atoms with Crippen LogP contribution >= 0.6 is 0 Å². The van der Waals surface area contributed by atoms with Crippen LogP contribution in [0.1, 0.15) is 5.56 Å². The molecule has 0 aromatic heterocycles. The van der Waals surface area contributed by atoms with Crippen molar-refractivity contribution in [1.82, 2.24) is 0 Å². The lowest BCUT2D eigenvalue weighted by atomic mass is 10.2. The van der Waals surface area contributed by atoms with Gasteiger partial charge in [0.25, 0.3) is 0 Å². The van der Waals surface area contributed by atoms with Gasteiger partial charge in [0, 0.05) is 6.08 Å². The zero-order chi connectivity index (χ0) is 13.1. The third-order valence-corrected chi connectivity index (χ3v) is 2.30. The van der Waals surface area contributed by atoms with Crippen molar-refractivity contribution in [2.45, 2.75) is 0 Å². The monoisotopic (exact) mass is 259 g/mol. The van der Waals surface area contributed by atoms with Crippen LogP contribution in [0.3, 0.4) is 0 Å². The number of nitrogens with one attached hydrogen (secondary N) is 1. The van der Waals surface area contributed by atoms with Crippen molar-refractivity contribution in [2.24, 2.45) is 0 Å². The Morgan fingerprint density at radius 3 is 2.59 bits per heavy atom. The third kappa shape index (κ3) is 4.64. The van der Waals surface area contributed by atoms with Crippen LogP contribution in [0, 0.1) is 5.82 Å². The Labute approximate surface area is 97.6 Å². The molecule has 1 rings (SSSR count). The van der Waals surface area contributed by atoms with Gasteiger partial charge in [-0.05, 0) is 23.8 Å². The first-order valence-electron chi connectivity index (χ1n) is 4.46. The lowest BCUT2D eigenvalue weighted by Crippen LogP contribution is -2.10. The average Bonchev–Trinajstić information content (AvgIpc) is 2.17. The van der Waals surface area contributed by atoms with E-state index in [1.54, 1.807) is 0 Å². The maximum absolute atomic E-state index is 13.4. The second-order valence-corrected chi connectivity index (χ2v) is 5.03. The summed E-state index contributed by atoms with van der Waals surface area (Å²) in [6.45, 7) is 0. The average molecular weight is 259 g/mol. The molecule has 0 saturated carbocycles. The zero-order valence-corrected chi connectivity index (χ0v) is 9.66. The van der Waals surface area contributed by atoms with Gasteiger partial charge in [0.1, 0.15) is 5.82 Å². The number of rotatable bonds is 4. The topological polar surface area (TPSA) is 83.5 Å². The predicted molar refractivity (Wildman–Crippen MR) is 61.5 cm³/mol. The summed E-state index contributed by atoms with van der Waals surface area (Å²) in [5.41, 5.74) is 0.143. The minimum Gasteiger partial charge on any atom is -0.478 e. The van der Waals surface area contributed by atoms with Gasteiger partial charge < -0.3 is 5.11 Å². The number of hydrogen-bond acceptors (Lipinski definition) is 3. The second-order valence-electron chi connectivity index (χ2n) is 3.29. The Balaban J connectivity index is 2.98. The molecule has 0 amide bonds. The molecule has 0 fully saturated rings. The molecule has 0 aliphatic carbocycles. The summed E-state index contributed by atoms with van der Waals surface area (Å²) < 4.78 is 37.2. The van der Waals surface area contributed by atoms with Gasteiger partial charge in [-0.15, -0.1) is 0 Å². The van der Waals surface area contributed by atoms with Crippen molar-refractivity contribution in [3.05, 3.63) is 35.7 Å². The zero-order valence-electron chi connectivity index (χ0n) is 8.84. The van der Waals surface area contributed by atoms with E-state index in [2.05, 4.69) is 0 Å². The number of benzene rings is 1. The normalized spacial score (nSPS) is 11.6. The number of carbonyl (C=O) groups is 1. The first kappa shape index (κ1) is 13.2. The molecule has 7 heteroatoms. The fourth-order valence-corrected chi connectivity index (χ4v) is 1.65. The van der Waals surface area contributed by atoms with Gasteiger partial charge >= 0.3 is 5.97 Å². The number of anilines is 1. The Kier molecular flexibility index (Phi) is 3.84. The minimum atomic E-state index is -3.54. The molecular formula is C10H10FNO4S. The summed E-state index contributed by atoms with van der Waals surface area (Å²) >= 11 is 0. The SMILES string of the molecule is CS(=O)(=O)Nc1ccc(/C=C/C(=O)O)cc1F. The molecular weight excluding hydrogens is 249 g/mol. The fraction of sp³-hybridized carbons (Fsp3) is 0.100. The summed E-state index contributed by atoms with van der Waals surface area (Å²) in [6.07, 6.45) is 2.97. The largest absolute Gasteiger partial charge is 0.478 e. The Morgan fingerprint density at radius 1 is 1.47 bits per heavy atom. The Hall–Kier alpha value is -1.89. The van der Waals surface area contributed by atoms with Gasteiger partial charge in [0.15, 0.2) is 0 Å². The highest BCUT2D eigenvalue weighted by molar-refractivity contribution is 7.92. The Bertz CT molecular complexity index is 566. The van der Waals surface area contributed by atoms with Crippen molar-refractivity contribution in [2.75, 3.05) is 11.0 Å². The van der Waals surface area contributed by atoms with Gasteiger partial charge in [-0.2, -0.15) is 0 Å². The lowest BCUT2D eigenvalue weighted by Gasteiger charge is -2.05. The van der Waals surface area contributed by atoms with E-state index in [0.717, 1.165) is 18.4 Å². The molecule has 0 aliphatic heterocycles. The molecule has 0 saturated heterocycles. The molecule has 0 atom stereocenters. The highest BCUT2D eigenvalue weighted by Gasteiger charge is 2.07. The number of halogens is 1. The molecule has 1 aromatic carbocycles. The third-order valence-electron chi connectivity index (χ3n) is 1.71. The van der Waals surface area contributed by atoms with E-state index in [0.29, 0.717) is 5.56 Å². The van der Waals surface area contributed by atoms with E-state index in [-0.39, 0.29) is 5.69 Å². The number of sulfonamides is 1. The molecule has 5 nitrogen and oxygen atoms in total. The molecule has 0 spiro atoms. The first-order chi connectivity index (χ1) is 7.78. The van der Waals surface area contributed by atoms with Crippen molar-refractivity contribution in [3.63, 3.8) is 0 Å².